The second kappa shape index (κ2) is 13.7. The van der Waals surface area contributed by atoms with Crippen LogP contribution in [0.3, 0.4) is 0 Å². The zero-order chi connectivity index (χ0) is 37.0. The molecular formula is C54H39NS. The van der Waals surface area contributed by atoms with Gasteiger partial charge in [-0.1, -0.05) is 164 Å². The summed E-state index contributed by atoms with van der Waals surface area (Å²) in [5, 5.41) is 5.21. The molecule has 1 unspecified atom stereocenters. The van der Waals surface area contributed by atoms with E-state index in [-0.39, 0.29) is 0 Å². The molecule has 7 aromatic carbocycles. The molecular weight excluding hydrogens is 695 g/mol. The molecule has 11 rings (SSSR count). The van der Waals surface area contributed by atoms with Crippen molar-refractivity contribution in [2.75, 3.05) is 0 Å². The van der Waals surface area contributed by atoms with E-state index in [1.807, 2.05) is 11.3 Å². The van der Waals surface area contributed by atoms with Crippen LogP contribution in [-0.4, -0.2) is 4.57 Å². The van der Waals surface area contributed by atoms with Gasteiger partial charge in [0, 0.05) is 42.6 Å². The maximum Gasteiger partial charge on any atom is 0.0547 e. The number of fused-ring (bicyclic) bond motifs is 6. The Labute approximate surface area is 331 Å². The van der Waals surface area contributed by atoms with Crippen LogP contribution in [-0.2, 0) is 0 Å². The van der Waals surface area contributed by atoms with Crippen LogP contribution in [0.4, 0.5) is 0 Å². The number of para-hydroxylation sites is 1. The van der Waals surface area contributed by atoms with Crippen molar-refractivity contribution in [3.05, 3.63) is 211 Å². The Hall–Kier alpha value is -6.48. The first-order valence-electron chi connectivity index (χ1n) is 19.7. The molecule has 0 spiro atoms. The molecule has 9 aromatic rings. The minimum Gasteiger partial charge on any atom is -0.309 e. The number of thiophene rings is 1. The number of hydrogen-bond acceptors (Lipinski definition) is 1. The first kappa shape index (κ1) is 32.9. The highest BCUT2D eigenvalue weighted by atomic mass is 32.1. The maximum absolute atomic E-state index is 2.45. The Morgan fingerprint density at radius 2 is 1.29 bits per heavy atom. The molecule has 0 aliphatic heterocycles. The van der Waals surface area contributed by atoms with Gasteiger partial charge in [-0.2, -0.15) is 0 Å². The Morgan fingerprint density at radius 3 is 2.20 bits per heavy atom. The van der Waals surface area contributed by atoms with E-state index < -0.39 is 0 Å². The minimum absolute atomic E-state index is 0.314. The van der Waals surface area contributed by atoms with Crippen LogP contribution in [0.5, 0.6) is 0 Å². The number of hydrogen-bond donors (Lipinski definition) is 0. The number of allylic oxidation sites excluding steroid dienone is 8. The molecule has 1 atom stereocenters. The second-order valence-electron chi connectivity index (χ2n) is 15.1. The van der Waals surface area contributed by atoms with Gasteiger partial charge >= 0.3 is 0 Å². The molecule has 0 fully saturated rings. The van der Waals surface area contributed by atoms with Crippen molar-refractivity contribution in [3.63, 3.8) is 0 Å². The largest absolute Gasteiger partial charge is 0.309 e. The lowest BCUT2D eigenvalue weighted by Crippen LogP contribution is -2.01. The Balaban J connectivity index is 0.946. The summed E-state index contributed by atoms with van der Waals surface area (Å²) in [5.74, 6) is 0.314. The third-order valence-corrected chi connectivity index (χ3v) is 13.0. The molecule has 2 aliphatic carbocycles. The van der Waals surface area contributed by atoms with Crippen molar-refractivity contribution in [2.45, 2.75) is 25.2 Å². The molecule has 0 N–H and O–H groups in total. The summed E-state index contributed by atoms with van der Waals surface area (Å²) in [7, 11) is 0. The lowest BCUT2D eigenvalue weighted by Gasteiger charge is -2.20. The van der Waals surface area contributed by atoms with Crippen molar-refractivity contribution in [2.24, 2.45) is 0 Å². The van der Waals surface area contributed by atoms with E-state index >= 15 is 0 Å². The molecule has 2 aromatic heterocycles. The predicted octanol–water partition coefficient (Wildman–Crippen LogP) is 15.3. The molecule has 0 saturated heterocycles. The van der Waals surface area contributed by atoms with Crippen molar-refractivity contribution in [1.29, 1.82) is 0 Å². The summed E-state index contributed by atoms with van der Waals surface area (Å²) in [6.45, 7) is 0. The van der Waals surface area contributed by atoms with Crippen molar-refractivity contribution in [3.8, 4) is 27.9 Å². The normalized spacial score (nSPS) is 15.5. The fraction of sp³-hybridized carbons (Fsp3) is 0.0741. The van der Waals surface area contributed by atoms with Gasteiger partial charge in [0.25, 0.3) is 0 Å². The summed E-state index contributed by atoms with van der Waals surface area (Å²) in [6, 6.07) is 58.6. The van der Waals surface area contributed by atoms with Crippen LogP contribution in [0, 0.1) is 0 Å². The van der Waals surface area contributed by atoms with E-state index in [0.29, 0.717) is 5.92 Å². The van der Waals surface area contributed by atoms with Crippen molar-refractivity contribution in [1.82, 2.24) is 4.57 Å². The number of rotatable bonds is 6. The lowest BCUT2D eigenvalue weighted by atomic mass is 9.84. The fourth-order valence-electron chi connectivity index (χ4n) is 9.00. The van der Waals surface area contributed by atoms with Crippen LogP contribution < -0.4 is 0 Å². The summed E-state index contributed by atoms with van der Waals surface area (Å²) in [5.41, 5.74) is 15.4. The van der Waals surface area contributed by atoms with E-state index in [2.05, 4.69) is 199 Å². The second-order valence-corrected chi connectivity index (χ2v) is 16.2. The maximum atomic E-state index is 2.45. The molecule has 266 valence electrons. The van der Waals surface area contributed by atoms with Gasteiger partial charge in [-0.05, 0) is 99.7 Å². The van der Waals surface area contributed by atoms with E-state index in [1.165, 1.54) is 97.8 Å². The Bertz CT molecular complexity index is 3110. The molecule has 0 radical (unpaired) electrons. The van der Waals surface area contributed by atoms with Crippen LogP contribution in [0.1, 0.15) is 41.9 Å². The van der Waals surface area contributed by atoms with Gasteiger partial charge < -0.3 is 4.57 Å². The zero-order valence-corrected chi connectivity index (χ0v) is 31.8. The van der Waals surface area contributed by atoms with Crippen LogP contribution >= 0.6 is 11.3 Å². The summed E-state index contributed by atoms with van der Waals surface area (Å²) >= 11 is 1.93. The number of benzene rings is 7. The molecule has 1 nitrogen and oxygen atoms in total. The van der Waals surface area contributed by atoms with Gasteiger partial charge in [0.05, 0.1) is 11.0 Å². The number of aromatic nitrogens is 1. The van der Waals surface area contributed by atoms with Crippen LogP contribution in [0.2, 0.25) is 0 Å². The van der Waals surface area contributed by atoms with Crippen LogP contribution in [0.25, 0.3) is 81.1 Å². The molecule has 0 bridgehead atoms. The van der Waals surface area contributed by atoms with Gasteiger partial charge in [-0.3, -0.25) is 0 Å². The standard InChI is InChI=1S/C54H39NS/c1-3-13-36(14-4-1)38-17-9-18-39(31-38)40-19-10-20-41(32-40)42-21-11-22-44(33-42)46-24-12-25-50-49-30-28-45(35-53(49)56-54(46)50)55-51-26-8-7-23-47(51)48-29-27-43(34-52(48)55)37-15-5-2-6-16-37/h2-3,5-32,34-35,42H,1,4,33H2. The van der Waals surface area contributed by atoms with Gasteiger partial charge in [-0.15, -0.1) is 11.3 Å². The minimum atomic E-state index is 0.314. The van der Waals surface area contributed by atoms with Crippen molar-refractivity contribution >= 4 is 64.5 Å². The molecule has 2 heterocycles. The molecule has 0 amide bonds. The molecule has 0 saturated carbocycles. The van der Waals surface area contributed by atoms with Gasteiger partial charge in [0.15, 0.2) is 0 Å². The zero-order valence-electron chi connectivity index (χ0n) is 31.0. The highest BCUT2D eigenvalue weighted by Crippen LogP contribution is 2.44. The van der Waals surface area contributed by atoms with E-state index in [0.717, 1.165) is 19.3 Å². The van der Waals surface area contributed by atoms with E-state index in [9.17, 15) is 0 Å². The molecule has 2 heteroatoms. The third-order valence-electron chi connectivity index (χ3n) is 11.8. The first-order valence-corrected chi connectivity index (χ1v) is 20.6. The Kier molecular flexibility index (Phi) is 8.03. The van der Waals surface area contributed by atoms with Crippen molar-refractivity contribution < 1.29 is 0 Å². The van der Waals surface area contributed by atoms with E-state index in [1.54, 1.807) is 0 Å². The summed E-state index contributed by atoms with van der Waals surface area (Å²) in [4.78, 5) is 0. The molecule has 56 heavy (non-hydrogen) atoms. The summed E-state index contributed by atoms with van der Waals surface area (Å²) in [6.07, 6.45) is 17.1. The molecule has 2 aliphatic rings. The smallest absolute Gasteiger partial charge is 0.0547 e. The topological polar surface area (TPSA) is 4.93 Å². The predicted molar refractivity (Wildman–Crippen MR) is 242 cm³/mol. The average molecular weight is 734 g/mol. The fourth-order valence-corrected chi connectivity index (χ4v) is 10.3. The SMILES string of the molecule is C1=CC(c2cccc(-c3cccc(C4=CCCC=C4)c3)c2)CC(c2cccc3c2sc2cc(-n4c5ccccc5c5ccc(-c6ccccc6)cc54)ccc23)=C1. The number of nitrogens with zero attached hydrogens (tertiary/aromatic N) is 1. The summed E-state index contributed by atoms with van der Waals surface area (Å²) < 4.78 is 5.13. The van der Waals surface area contributed by atoms with Gasteiger partial charge in [0.1, 0.15) is 0 Å². The average Bonchev–Trinajstić information content (AvgIpc) is 3.82. The highest BCUT2D eigenvalue weighted by Gasteiger charge is 2.20. The van der Waals surface area contributed by atoms with E-state index in [4.69, 9.17) is 0 Å². The van der Waals surface area contributed by atoms with Gasteiger partial charge in [-0.25, -0.2) is 0 Å². The van der Waals surface area contributed by atoms with Gasteiger partial charge in [0.2, 0.25) is 0 Å². The monoisotopic (exact) mass is 733 g/mol. The first-order chi connectivity index (χ1) is 27.7. The lowest BCUT2D eigenvalue weighted by molar-refractivity contribution is 0.869. The quantitative estimate of drug-likeness (QED) is 0.160. The highest BCUT2D eigenvalue weighted by molar-refractivity contribution is 7.26. The third kappa shape index (κ3) is 5.68. The Morgan fingerprint density at radius 1 is 0.536 bits per heavy atom. The van der Waals surface area contributed by atoms with Crippen LogP contribution in [0.15, 0.2) is 194 Å².